The molecule has 2 atom stereocenters. The molecule has 6 rings (SSSR count). The third-order valence-corrected chi connectivity index (χ3v) is 8.97. The van der Waals surface area contributed by atoms with Gasteiger partial charge in [0.2, 0.25) is 0 Å². The zero-order valence-electron chi connectivity index (χ0n) is 19.8. The maximum Gasteiger partial charge on any atom is 0.195 e. The Morgan fingerprint density at radius 3 is 2.48 bits per heavy atom. The third-order valence-electron chi connectivity index (χ3n) is 8.97. The van der Waals surface area contributed by atoms with Gasteiger partial charge in [0.05, 0.1) is 18.8 Å². The SMILES string of the molecule is c1ccc([C@]2(CCC[C@H]3CCC4(OCCO4)c4ccccc43)CCOC3(CCCC3)C2)nc1. The van der Waals surface area contributed by atoms with Crippen molar-refractivity contribution in [1.82, 2.24) is 4.98 Å². The summed E-state index contributed by atoms with van der Waals surface area (Å²) in [5.41, 5.74) is 4.24. The van der Waals surface area contributed by atoms with E-state index in [2.05, 4.69) is 36.4 Å². The van der Waals surface area contributed by atoms with Gasteiger partial charge in [-0.3, -0.25) is 4.98 Å². The van der Waals surface area contributed by atoms with E-state index in [0.717, 1.165) is 32.3 Å². The second kappa shape index (κ2) is 8.79. The van der Waals surface area contributed by atoms with Crippen molar-refractivity contribution in [2.75, 3.05) is 19.8 Å². The van der Waals surface area contributed by atoms with E-state index in [4.69, 9.17) is 19.2 Å². The molecule has 1 saturated carbocycles. The molecule has 3 heterocycles. The van der Waals surface area contributed by atoms with Gasteiger partial charge in [-0.05, 0) is 68.6 Å². The number of rotatable bonds is 5. The first-order chi connectivity index (χ1) is 16.2. The van der Waals surface area contributed by atoms with Crippen molar-refractivity contribution in [2.45, 2.75) is 93.4 Å². The van der Waals surface area contributed by atoms with Gasteiger partial charge < -0.3 is 14.2 Å². The molecule has 0 bridgehead atoms. The molecule has 4 nitrogen and oxygen atoms in total. The molecule has 0 radical (unpaired) electrons. The van der Waals surface area contributed by atoms with Gasteiger partial charge in [-0.15, -0.1) is 0 Å². The average Bonchev–Trinajstić information content (AvgIpc) is 3.52. The first kappa shape index (κ1) is 21.8. The molecule has 2 aliphatic carbocycles. The fourth-order valence-corrected chi connectivity index (χ4v) is 7.39. The Labute approximate surface area is 198 Å². The number of hydrogen-bond acceptors (Lipinski definition) is 4. The summed E-state index contributed by atoms with van der Waals surface area (Å²) >= 11 is 0. The van der Waals surface area contributed by atoms with Gasteiger partial charge in [0, 0.05) is 35.9 Å². The van der Waals surface area contributed by atoms with Crippen molar-refractivity contribution in [3.63, 3.8) is 0 Å². The molecule has 0 unspecified atom stereocenters. The zero-order chi connectivity index (χ0) is 22.2. The van der Waals surface area contributed by atoms with E-state index in [1.165, 1.54) is 61.8 Å². The predicted octanol–water partition coefficient (Wildman–Crippen LogP) is 6.39. The molecule has 3 fully saturated rings. The molecule has 1 aromatic heterocycles. The lowest BCUT2D eigenvalue weighted by Gasteiger charge is -2.46. The highest BCUT2D eigenvalue weighted by atomic mass is 16.7. The zero-order valence-corrected chi connectivity index (χ0v) is 19.8. The molecule has 2 aliphatic heterocycles. The van der Waals surface area contributed by atoms with Crippen molar-refractivity contribution in [2.24, 2.45) is 0 Å². The van der Waals surface area contributed by atoms with Crippen molar-refractivity contribution in [3.05, 3.63) is 65.5 Å². The fourth-order valence-electron chi connectivity index (χ4n) is 7.39. The van der Waals surface area contributed by atoms with Crippen LogP contribution >= 0.6 is 0 Å². The number of hydrogen-bond donors (Lipinski definition) is 0. The molecule has 2 saturated heterocycles. The lowest BCUT2D eigenvalue weighted by atomic mass is 9.66. The van der Waals surface area contributed by atoms with Crippen LogP contribution in [0.25, 0.3) is 0 Å². The summed E-state index contributed by atoms with van der Waals surface area (Å²) in [5.74, 6) is 0.0957. The quantitative estimate of drug-likeness (QED) is 0.532. The summed E-state index contributed by atoms with van der Waals surface area (Å²) in [7, 11) is 0. The molecule has 2 aromatic rings. The molecule has 33 heavy (non-hydrogen) atoms. The highest BCUT2D eigenvalue weighted by molar-refractivity contribution is 5.37. The molecular weight excluding hydrogens is 410 g/mol. The van der Waals surface area contributed by atoms with Crippen molar-refractivity contribution in [1.29, 1.82) is 0 Å². The summed E-state index contributed by atoms with van der Waals surface area (Å²) in [6.07, 6.45) is 15.0. The predicted molar refractivity (Wildman–Crippen MR) is 128 cm³/mol. The molecule has 2 spiro atoms. The van der Waals surface area contributed by atoms with E-state index >= 15 is 0 Å². The van der Waals surface area contributed by atoms with Gasteiger partial charge in [-0.1, -0.05) is 49.6 Å². The first-order valence-electron chi connectivity index (χ1n) is 13.2. The summed E-state index contributed by atoms with van der Waals surface area (Å²) in [4.78, 5) is 4.89. The molecule has 176 valence electrons. The lowest BCUT2D eigenvalue weighted by Crippen LogP contribution is -2.46. The Kier molecular flexibility index (Phi) is 5.80. The Bertz CT molecular complexity index is 948. The van der Waals surface area contributed by atoms with E-state index < -0.39 is 5.79 Å². The van der Waals surface area contributed by atoms with Crippen molar-refractivity contribution in [3.8, 4) is 0 Å². The Morgan fingerprint density at radius 2 is 1.67 bits per heavy atom. The maximum absolute atomic E-state index is 6.44. The summed E-state index contributed by atoms with van der Waals surface area (Å²) in [6.45, 7) is 2.28. The van der Waals surface area contributed by atoms with E-state index in [0.29, 0.717) is 19.1 Å². The van der Waals surface area contributed by atoms with Crippen LogP contribution in [0.4, 0.5) is 0 Å². The molecule has 1 aromatic carbocycles. The van der Waals surface area contributed by atoms with Gasteiger partial charge in [-0.25, -0.2) is 0 Å². The fraction of sp³-hybridized carbons (Fsp3) is 0.621. The van der Waals surface area contributed by atoms with Crippen LogP contribution in [-0.4, -0.2) is 30.4 Å². The Morgan fingerprint density at radius 1 is 0.848 bits per heavy atom. The number of aromatic nitrogens is 1. The highest BCUT2D eigenvalue weighted by Crippen LogP contribution is 2.52. The number of ether oxygens (including phenoxy) is 3. The molecular formula is C29H37NO3. The van der Waals surface area contributed by atoms with Gasteiger partial charge in [0.25, 0.3) is 0 Å². The molecule has 0 N–H and O–H groups in total. The second-order valence-electron chi connectivity index (χ2n) is 10.8. The number of pyridine rings is 1. The van der Waals surface area contributed by atoms with Gasteiger partial charge in [-0.2, -0.15) is 0 Å². The van der Waals surface area contributed by atoms with Gasteiger partial charge in [0.15, 0.2) is 5.79 Å². The Balaban J connectivity index is 1.21. The number of fused-ring (bicyclic) bond motifs is 2. The monoisotopic (exact) mass is 447 g/mol. The lowest BCUT2D eigenvalue weighted by molar-refractivity contribution is -0.177. The normalized spacial score (nSPS) is 30.0. The smallest absolute Gasteiger partial charge is 0.195 e. The van der Waals surface area contributed by atoms with Crippen LogP contribution in [0.15, 0.2) is 48.7 Å². The minimum absolute atomic E-state index is 0.0940. The third kappa shape index (κ3) is 3.94. The topological polar surface area (TPSA) is 40.6 Å². The van der Waals surface area contributed by atoms with Crippen LogP contribution in [0.2, 0.25) is 0 Å². The van der Waals surface area contributed by atoms with Crippen molar-refractivity contribution >= 4 is 0 Å². The van der Waals surface area contributed by atoms with Crippen LogP contribution in [0.5, 0.6) is 0 Å². The summed E-state index contributed by atoms with van der Waals surface area (Å²) in [6, 6.07) is 15.3. The van der Waals surface area contributed by atoms with Crippen LogP contribution < -0.4 is 0 Å². The molecule has 4 heteroatoms. The second-order valence-corrected chi connectivity index (χ2v) is 10.8. The molecule has 0 amide bonds. The minimum Gasteiger partial charge on any atom is -0.375 e. The first-order valence-corrected chi connectivity index (χ1v) is 13.2. The number of benzene rings is 1. The standard InChI is InChI=1S/C29H37NO3/c1-2-10-25-24(9-1)23(12-16-29(25)32-20-21-33-29)8-7-13-27(26-11-3-6-18-30-26)17-19-31-28(22-27)14-4-5-15-28/h1-3,6,9-11,18,23H,4-5,7-8,12-17,19-22H2/t23-,27+/m0/s1. The van der Waals surface area contributed by atoms with E-state index in [-0.39, 0.29) is 11.0 Å². The Hall–Kier alpha value is -1.75. The maximum atomic E-state index is 6.44. The van der Waals surface area contributed by atoms with Crippen LogP contribution in [0.1, 0.15) is 93.4 Å². The average molecular weight is 448 g/mol. The summed E-state index contributed by atoms with van der Waals surface area (Å²) in [5, 5.41) is 0. The van der Waals surface area contributed by atoms with Crippen LogP contribution in [0, 0.1) is 0 Å². The summed E-state index contributed by atoms with van der Waals surface area (Å²) < 4.78 is 18.7. The molecule has 4 aliphatic rings. The van der Waals surface area contributed by atoms with Gasteiger partial charge in [0.1, 0.15) is 0 Å². The van der Waals surface area contributed by atoms with Gasteiger partial charge >= 0.3 is 0 Å². The van der Waals surface area contributed by atoms with E-state index in [9.17, 15) is 0 Å². The highest BCUT2D eigenvalue weighted by Gasteiger charge is 2.49. The number of nitrogens with zero attached hydrogens (tertiary/aromatic N) is 1. The minimum atomic E-state index is -0.488. The van der Waals surface area contributed by atoms with Crippen molar-refractivity contribution < 1.29 is 14.2 Å². The van der Waals surface area contributed by atoms with Crippen LogP contribution in [-0.2, 0) is 25.4 Å². The van der Waals surface area contributed by atoms with E-state index in [1.807, 2.05) is 12.3 Å². The largest absolute Gasteiger partial charge is 0.375 e. The van der Waals surface area contributed by atoms with Crippen LogP contribution in [0.3, 0.4) is 0 Å². The van der Waals surface area contributed by atoms with E-state index in [1.54, 1.807) is 0 Å².